The number of aromatic amines is 1. The average molecular weight is 459 g/mol. The van der Waals surface area contributed by atoms with Crippen LogP contribution in [-0.4, -0.2) is 44.8 Å². The van der Waals surface area contributed by atoms with Crippen molar-refractivity contribution in [1.29, 1.82) is 0 Å². The Balaban J connectivity index is 1.46. The number of hydrogen-bond acceptors (Lipinski definition) is 6. The molecule has 34 heavy (non-hydrogen) atoms. The molecule has 0 spiro atoms. The predicted molar refractivity (Wildman–Crippen MR) is 129 cm³/mol. The number of anilines is 1. The highest BCUT2D eigenvalue weighted by molar-refractivity contribution is 5.95. The molecule has 174 valence electrons. The fourth-order valence-corrected chi connectivity index (χ4v) is 4.12. The van der Waals surface area contributed by atoms with E-state index in [-0.39, 0.29) is 23.4 Å². The number of hydrogen-bond donors (Lipinski definition) is 3. The van der Waals surface area contributed by atoms with Crippen LogP contribution in [0.2, 0.25) is 0 Å². The van der Waals surface area contributed by atoms with Gasteiger partial charge in [-0.3, -0.25) is 14.4 Å². The molecule has 4 N–H and O–H groups in total. The van der Waals surface area contributed by atoms with E-state index in [1.807, 2.05) is 23.1 Å². The summed E-state index contributed by atoms with van der Waals surface area (Å²) in [6.45, 7) is 2.61. The van der Waals surface area contributed by atoms with Crippen LogP contribution in [0.5, 0.6) is 0 Å². The molecule has 0 bridgehead atoms. The van der Waals surface area contributed by atoms with Crippen molar-refractivity contribution in [3.8, 4) is 0 Å². The zero-order valence-electron chi connectivity index (χ0n) is 18.8. The van der Waals surface area contributed by atoms with Crippen molar-refractivity contribution >= 4 is 23.7 Å². The van der Waals surface area contributed by atoms with Crippen molar-refractivity contribution in [2.75, 3.05) is 18.8 Å². The summed E-state index contributed by atoms with van der Waals surface area (Å²) in [5.41, 5.74) is 8.53. The number of benzene rings is 1. The minimum Gasteiger partial charge on any atom is -0.384 e. The molecule has 2 amide bonds. The smallest absolute Gasteiger partial charge is 0.258 e. The third kappa shape index (κ3) is 5.20. The average Bonchev–Trinajstić information content (AvgIpc) is 2.83. The number of nitrogens with two attached hydrogens (primary N) is 1. The summed E-state index contributed by atoms with van der Waals surface area (Å²) in [7, 11) is 0. The highest BCUT2D eigenvalue weighted by atomic mass is 16.2. The monoisotopic (exact) mass is 458 g/mol. The zero-order chi connectivity index (χ0) is 24.1. The molecule has 0 saturated heterocycles. The molecule has 0 fully saturated rings. The molecule has 0 radical (unpaired) electrons. The van der Waals surface area contributed by atoms with Gasteiger partial charge in [0.1, 0.15) is 11.6 Å². The Kier molecular flexibility index (Phi) is 6.82. The zero-order valence-corrected chi connectivity index (χ0v) is 18.8. The second kappa shape index (κ2) is 10.1. The fourth-order valence-electron chi connectivity index (χ4n) is 4.12. The molecule has 2 aromatic heterocycles. The number of fused-ring (bicyclic) bond motifs is 1. The van der Waals surface area contributed by atoms with Gasteiger partial charge in [-0.25, -0.2) is 9.97 Å². The van der Waals surface area contributed by atoms with Crippen LogP contribution in [-0.2, 0) is 11.2 Å². The van der Waals surface area contributed by atoms with Crippen LogP contribution in [0.4, 0.5) is 5.82 Å². The normalized spacial score (nSPS) is 15.2. The number of H-pyrrole nitrogens is 1. The van der Waals surface area contributed by atoms with Crippen molar-refractivity contribution in [1.82, 2.24) is 25.2 Å². The van der Waals surface area contributed by atoms with E-state index in [2.05, 4.69) is 26.3 Å². The van der Waals surface area contributed by atoms with E-state index in [1.165, 1.54) is 30.1 Å². The maximum Gasteiger partial charge on any atom is 0.258 e. The van der Waals surface area contributed by atoms with Gasteiger partial charge < -0.3 is 20.9 Å². The first kappa shape index (κ1) is 22.9. The van der Waals surface area contributed by atoms with Crippen molar-refractivity contribution in [2.45, 2.75) is 25.8 Å². The number of nitrogens with zero attached hydrogens (tertiary/aromatic N) is 3. The molecule has 9 nitrogen and oxygen atoms in total. The van der Waals surface area contributed by atoms with E-state index in [0.29, 0.717) is 42.3 Å². The lowest BCUT2D eigenvalue weighted by atomic mass is 9.90. The molecule has 3 aromatic rings. The number of aryl methyl sites for hydroxylation is 1. The Hall–Kier alpha value is -4.27. The van der Waals surface area contributed by atoms with Gasteiger partial charge in [-0.05, 0) is 49.1 Å². The van der Waals surface area contributed by atoms with Gasteiger partial charge in [-0.1, -0.05) is 24.3 Å². The molecule has 1 aliphatic rings. The van der Waals surface area contributed by atoms with E-state index in [0.717, 1.165) is 12.0 Å². The molecule has 1 unspecified atom stereocenters. The second-order valence-electron chi connectivity index (χ2n) is 8.10. The van der Waals surface area contributed by atoms with Crippen molar-refractivity contribution in [3.63, 3.8) is 0 Å². The summed E-state index contributed by atoms with van der Waals surface area (Å²) >= 11 is 0. The van der Waals surface area contributed by atoms with E-state index in [4.69, 9.17) is 5.73 Å². The van der Waals surface area contributed by atoms with Crippen LogP contribution in [0.1, 0.15) is 45.3 Å². The third-order valence-electron chi connectivity index (χ3n) is 5.79. The number of aromatic nitrogens is 3. The molecule has 1 atom stereocenters. The summed E-state index contributed by atoms with van der Waals surface area (Å²) in [6, 6.07) is 11.1. The minimum absolute atomic E-state index is 0.120. The third-order valence-corrected chi connectivity index (χ3v) is 5.79. The van der Waals surface area contributed by atoms with Gasteiger partial charge in [0.15, 0.2) is 0 Å². The van der Waals surface area contributed by atoms with Crippen LogP contribution < -0.4 is 16.6 Å². The van der Waals surface area contributed by atoms with Gasteiger partial charge >= 0.3 is 0 Å². The first-order valence-corrected chi connectivity index (χ1v) is 11.0. The van der Waals surface area contributed by atoms with Gasteiger partial charge in [0, 0.05) is 37.1 Å². The molecule has 4 rings (SSSR count). The topological polar surface area (TPSA) is 134 Å². The molecule has 9 heteroatoms. The Labute approximate surface area is 196 Å². The first-order valence-electron chi connectivity index (χ1n) is 11.0. The standard InChI is InChI=1S/C25H26N6O3/c1-16-29-15-19(24(33)30-16)6-7-23(32)28-12-9-21-20-5-3-2-4-17(20)10-13-31(21)25(34)18-8-11-27-22(26)14-18/h2-8,11,14-15,21H,9-10,12-13H2,1H3,(H2,26,27)(H,28,32)(H,29,30,33)/b7-6+. The number of pyridine rings is 1. The van der Waals surface area contributed by atoms with Crippen molar-refractivity contribution in [3.05, 3.63) is 93.3 Å². The van der Waals surface area contributed by atoms with Gasteiger partial charge in [0.2, 0.25) is 5.91 Å². The van der Waals surface area contributed by atoms with Crippen LogP contribution >= 0.6 is 0 Å². The Morgan fingerprint density at radius 2 is 2.09 bits per heavy atom. The maximum absolute atomic E-state index is 13.3. The lowest BCUT2D eigenvalue weighted by Crippen LogP contribution is -2.41. The quantitative estimate of drug-likeness (QED) is 0.484. The number of nitrogen functional groups attached to an aromatic ring is 1. The van der Waals surface area contributed by atoms with E-state index >= 15 is 0 Å². The van der Waals surface area contributed by atoms with Crippen LogP contribution in [0.3, 0.4) is 0 Å². The highest BCUT2D eigenvalue weighted by Crippen LogP contribution is 2.33. The maximum atomic E-state index is 13.3. The van der Waals surface area contributed by atoms with E-state index in [9.17, 15) is 14.4 Å². The van der Waals surface area contributed by atoms with Crippen molar-refractivity contribution in [2.24, 2.45) is 0 Å². The molecular formula is C25H26N6O3. The van der Waals surface area contributed by atoms with E-state index in [1.54, 1.807) is 19.1 Å². The van der Waals surface area contributed by atoms with Gasteiger partial charge in [0.25, 0.3) is 11.5 Å². The summed E-state index contributed by atoms with van der Waals surface area (Å²) in [4.78, 5) is 49.9. The van der Waals surface area contributed by atoms with Crippen LogP contribution in [0.25, 0.3) is 6.08 Å². The largest absolute Gasteiger partial charge is 0.384 e. The first-order chi connectivity index (χ1) is 16.4. The number of nitrogens with one attached hydrogen (secondary N) is 2. The Bertz CT molecular complexity index is 1300. The van der Waals surface area contributed by atoms with Crippen LogP contribution in [0, 0.1) is 6.92 Å². The summed E-state index contributed by atoms with van der Waals surface area (Å²) < 4.78 is 0. The molecule has 0 saturated carbocycles. The van der Waals surface area contributed by atoms with Crippen LogP contribution in [0.15, 0.2) is 59.7 Å². The molecule has 3 heterocycles. The molecule has 1 aromatic carbocycles. The predicted octanol–water partition coefficient (Wildman–Crippen LogP) is 2.01. The lowest BCUT2D eigenvalue weighted by molar-refractivity contribution is -0.116. The summed E-state index contributed by atoms with van der Waals surface area (Å²) in [5, 5.41) is 2.84. The Morgan fingerprint density at radius 1 is 1.26 bits per heavy atom. The number of carbonyl (C=O) groups is 2. The SMILES string of the molecule is Cc1ncc(/C=C/C(=O)NCCC2c3ccccc3CCN2C(=O)c2ccnc(N)c2)c(=O)[nH]1. The number of amides is 2. The van der Waals surface area contributed by atoms with Gasteiger partial charge in [-0.15, -0.1) is 0 Å². The molecular weight excluding hydrogens is 432 g/mol. The highest BCUT2D eigenvalue weighted by Gasteiger charge is 2.31. The summed E-state index contributed by atoms with van der Waals surface area (Å²) in [6.07, 6.45) is 6.98. The molecule has 0 aliphatic carbocycles. The second-order valence-corrected chi connectivity index (χ2v) is 8.10. The lowest BCUT2D eigenvalue weighted by Gasteiger charge is -2.37. The fraction of sp³-hybridized carbons (Fsp3) is 0.240. The summed E-state index contributed by atoms with van der Waals surface area (Å²) in [5.74, 6) is 0.351. The number of rotatable bonds is 6. The van der Waals surface area contributed by atoms with Gasteiger partial charge in [-0.2, -0.15) is 0 Å². The van der Waals surface area contributed by atoms with Crippen molar-refractivity contribution < 1.29 is 9.59 Å². The van der Waals surface area contributed by atoms with E-state index < -0.39 is 0 Å². The molecule has 1 aliphatic heterocycles. The number of carbonyl (C=O) groups excluding carboxylic acids is 2. The van der Waals surface area contributed by atoms with Gasteiger partial charge in [0.05, 0.1) is 11.6 Å². The minimum atomic E-state index is -0.330. The Morgan fingerprint density at radius 3 is 2.88 bits per heavy atom.